The molecule has 0 aliphatic heterocycles. The summed E-state index contributed by atoms with van der Waals surface area (Å²) in [5, 5.41) is 0. The quantitative estimate of drug-likeness (QED) is 0.128. The van der Waals surface area contributed by atoms with Crippen molar-refractivity contribution in [2.45, 2.75) is 26.7 Å². The van der Waals surface area contributed by atoms with Gasteiger partial charge in [0.2, 0.25) is 0 Å². The van der Waals surface area contributed by atoms with Crippen LogP contribution in [0.5, 0.6) is 11.5 Å². The molecule has 0 bridgehead atoms. The first kappa shape index (κ1) is 35.0. The Kier molecular flexibility index (Phi) is 16.3. The Morgan fingerprint density at radius 2 is 1.19 bits per heavy atom. The summed E-state index contributed by atoms with van der Waals surface area (Å²) in [4.78, 5) is 0. The van der Waals surface area contributed by atoms with Crippen LogP contribution in [0.3, 0.4) is 0 Å². The van der Waals surface area contributed by atoms with Gasteiger partial charge in [-0.1, -0.05) is 35.5 Å². The average Bonchev–Trinajstić information content (AvgIpc) is 2.74. The molecule has 0 unspecified atom stereocenters. The van der Waals surface area contributed by atoms with Gasteiger partial charge in [0.15, 0.2) is 0 Å². The molecule has 0 aromatic heterocycles. The fraction of sp³-hybridized carbons (Fsp3) is 0.333. The standard InChI is InChI=1S/C24H26O8S2.2Na/c1-3-6-21-17-24(32-14-5-16-34(28,29)30)22(12-11-20-9-7-19(2)8-10-20)18-23(21)31-13-4-15-33(25,26)27;;/h7-10,17-18H,4-5,13-16H2,1-2H3,(H,25,26,27)(H,28,29,30);;/q;2*+1/p-2. The fourth-order valence-corrected chi connectivity index (χ4v) is 3.68. The molecule has 36 heavy (non-hydrogen) atoms. The molecule has 0 amide bonds. The zero-order valence-electron chi connectivity index (χ0n) is 20.8. The van der Waals surface area contributed by atoms with E-state index in [0.717, 1.165) is 11.1 Å². The van der Waals surface area contributed by atoms with E-state index in [4.69, 9.17) is 9.47 Å². The fourth-order valence-electron chi connectivity index (χ4n) is 2.74. The van der Waals surface area contributed by atoms with E-state index in [0.29, 0.717) is 22.6 Å². The van der Waals surface area contributed by atoms with E-state index in [1.54, 1.807) is 19.1 Å². The predicted molar refractivity (Wildman–Crippen MR) is 126 cm³/mol. The third kappa shape index (κ3) is 14.1. The Labute approximate surface area is 257 Å². The summed E-state index contributed by atoms with van der Waals surface area (Å²) in [7, 11) is -8.70. The van der Waals surface area contributed by atoms with Gasteiger partial charge in [-0.15, -0.1) is 5.92 Å². The predicted octanol–water partition coefficient (Wildman–Crippen LogP) is -3.60. The molecule has 2 aromatic carbocycles. The second-order valence-electron chi connectivity index (χ2n) is 7.26. The number of hydrogen-bond acceptors (Lipinski definition) is 8. The minimum Gasteiger partial charge on any atom is -0.748 e. The second kappa shape index (κ2) is 16.7. The minimum atomic E-state index is -4.35. The van der Waals surface area contributed by atoms with Gasteiger partial charge in [-0.2, -0.15) is 0 Å². The van der Waals surface area contributed by atoms with Crippen LogP contribution in [0.15, 0.2) is 36.4 Å². The zero-order chi connectivity index (χ0) is 25.2. The zero-order valence-corrected chi connectivity index (χ0v) is 26.4. The Morgan fingerprint density at radius 3 is 1.61 bits per heavy atom. The molecule has 0 saturated heterocycles. The maximum absolute atomic E-state index is 10.8. The summed E-state index contributed by atoms with van der Waals surface area (Å²) >= 11 is 0. The summed E-state index contributed by atoms with van der Waals surface area (Å²) in [6, 6.07) is 10.7. The Morgan fingerprint density at radius 1 is 0.750 bits per heavy atom. The molecular formula is C24H24Na2O8S2. The molecule has 0 heterocycles. The molecule has 0 saturated carbocycles. The van der Waals surface area contributed by atoms with Gasteiger partial charge in [0.25, 0.3) is 0 Å². The Bertz CT molecular complexity index is 1330. The number of aryl methyl sites for hydroxylation is 1. The molecule has 2 aromatic rings. The Hall–Kier alpha value is -1.02. The molecule has 2 rings (SSSR count). The number of ether oxygens (including phenoxy) is 2. The summed E-state index contributed by atoms with van der Waals surface area (Å²) in [5.41, 5.74) is 2.72. The number of rotatable bonds is 10. The summed E-state index contributed by atoms with van der Waals surface area (Å²) in [5.74, 6) is 11.2. The van der Waals surface area contributed by atoms with Gasteiger partial charge >= 0.3 is 59.1 Å². The van der Waals surface area contributed by atoms with Crippen LogP contribution >= 0.6 is 0 Å². The molecule has 0 N–H and O–H groups in total. The van der Waals surface area contributed by atoms with Crippen LogP contribution in [0.1, 0.15) is 42.0 Å². The summed E-state index contributed by atoms with van der Waals surface area (Å²) < 4.78 is 76.3. The van der Waals surface area contributed by atoms with Crippen molar-refractivity contribution in [1.29, 1.82) is 0 Å². The summed E-state index contributed by atoms with van der Waals surface area (Å²) in [6.45, 7) is 3.53. The summed E-state index contributed by atoms with van der Waals surface area (Å²) in [6.07, 6.45) is 0.0184. The molecule has 182 valence electrons. The van der Waals surface area contributed by atoms with Crippen LogP contribution in [0.25, 0.3) is 0 Å². The van der Waals surface area contributed by atoms with E-state index in [-0.39, 0.29) is 85.2 Å². The van der Waals surface area contributed by atoms with Gasteiger partial charge in [0.05, 0.1) is 44.6 Å². The van der Waals surface area contributed by atoms with E-state index in [1.165, 1.54) is 0 Å². The molecule has 8 nitrogen and oxygen atoms in total. The first-order valence-corrected chi connectivity index (χ1v) is 13.4. The van der Waals surface area contributed by atoms with Crippen molar-refractivity contribution in [1.82, 2.24) is 0 Å². The van der Waals surface area contributed by atoms with Gasteiger partial charge in [-0.25, -0.2) is 16.8 Å². The molecule has 12 heteroatoms. The molecule has 0 aliphatic carbocycles. The van der Waals surface area contributed by atoms with E-state index >= 15 is 0 Å². The number of benzene rings is 2. The molecule has 0 aliphatic rings. The van der Waals surface area contributed by atoms with Crippen LogP contribution in [0, 0.1) is 30.6 Å². The van der Waals surface area contributed by atoms with Crippen LogP contribution in [-0.2, 0) is 20.2 Å². The molecule has 0 radical (unpaired) electrons. The molecule has 0 atom stereocenters. The van der Waals surface area contributed by atoms with Crippen LogP contribution < -0.4 is 68.6 Å². The maximum atomic E-state index is 10.8. The van der Waals surface area contributed by atoms with Gasteiger partial charge < -0.3 is 18.6 Å². The third-order valence-electron chi connectivity index (χ3n) is 4.33. The van der Waals surface area contributed by atoms with Crippen molar-refractivity contribution >= 4 is 20.2 Å². The maximum Gasteiger partial charge on any atom is 1.00 e. The van der Waals surface area contributed by atoms with Gasteiger partial charge in [0.1, 0.15) is 11.5 Å². The van der Waals surface area contributed by atoms with E-state index in [9.17, 15) is 25.9 Å². The van der Waals surface area contributed by atoms with Crippen molar-refractivity contribution in [2.75, 3.05) is 24.7 Å². The molecule has 0 spiro atoms. The SMILES string of the molecule is CC#Cc1cc(OCCCS(=O)(=O)[O-])c(C#Cc2ccc(C)cc2)cc1OCCCS(=O)(=O)[O-].[Na+].[Na+]. The van der Waals surface area contributed by atoms with Crippen molar-refractivity contribution in [2.24, 2.45) is 0 Å². The van der Waals surface area contributed by atoms with Crippen molar-refractivity contribution in [3.05, 3.63) is 58.7 Å². The normalized spacial score (nSPS) is 10.4. The van der Waals surface area contributed by atoms with E-state index in [1.807, 2.05) is 31.2 Å². The topological polar surface area (TPSA) is 133 Å². The minimum absolute atomic E-state index is 0. The van der Waals surface area contributed by atoms with Gasteiger partial charge in [0, 0.05) is 29.2 Å². The van der Waals surface area contributed by atoms with Crippen LogP contribution in [0.4, 0.5) is 0 Å². The van der Waals surface area contributed by atoms with Crippen LogP contribution in [0.2, 0.25) is 0 Å². The van der Waals surface area contributed by atoms with Gasteiger partial charge in [-0.05, 0) is 38.8 Å². The molecule has 0 fully saturated rings. The van der Waals surface area contributed by atoms with E-state index in [2.05, 4.69) is 23.7 Å². The Balaban J connectivity index is 0.00000612. The van der Waals surface area contributed by atoms with Crippen LogP contribution in [-0.4, -0.2) is 50.7 Å². The van der Waals surface area contributed by atoms with E-state index < -0.39 is 31.7 Å². The van der Waals surface area contributed by atoms with Crippen molar-refractivity contribution in [3.63, 3.8) is 0 Å². The second-order valence-corrected chi connectivity index (χ2v) is 10.3. The number of hydrogen-bond donors (Lipinski definition) is 0. The van der Waals surface area contributed by atoms with Crippen molar-refractivity contribution < 1.29 is 94.5 Å². The van der Waals surface area contributed by atoms with Crippen molar-refractivity contribution in [3.8, 4) is 35.2 Å². The smallest absolute Gasteiger partial charge is 0.748 e. The first-order valence-electron chi connectivity index (χ1n) is 10.3. The molecular weight excluding hydrogens is 526 g/mol. The average molecular weight is 551 g/mol. The van der Waals surface area contributed by atoms with Gasteiger partial charge in [-0.3, -0.25) is 0 Å². The third-order valence-corrected chi connectivity index (χ3v) is 5.90. The largest absolute Gasteiger partial charge is 1.00 e. The monoisotopic (exact) mass is 550 g/mol. The first-order chi connectivity index (χ1) is 16.0.